The SMILES string of the molecule is COC(=O)c1ccc(-c2ccc(C[C@H](NC(=O)C3CCC(CNC(=O)OC(C)(C)C)CC3)C(=O)Nc3ccc(-c4n[nH]c(Cl)n4)cc3)cc2)c(C)c1. The number of nitrogens with zero attached hydrogens (tertiary/aromatic N) is 2. The van der Waals surface area contributed by atoms with Gasteiger partial charge in [-0.2, -0.15) is 10.1 Å². The molecule has 1 atom stereocenters. The molecule has 4 aromatic rings. The van der Waals surface area contributed by atoms with Gasteiger partial charge in [0.15, 0.2) is 5.82 Å². The molecule has 1 aliphatic carbocycles. The summed E-state index contributed by atoms with van der Waals surface area (Å²) < 4.78 is 10.2. The fourth-order valence-electron chi connectivity index (χ4n) is 6.26. The minimum absolute atomic E-state index is 0.173. The van der Waals surface area contributed by atoms with Gasteiger partial charge in [0.25, 0.3) is 0 Å². The van der Waals surface area contributed by atoms with Crippen LogP contribution in [0.4, 0.5) is 10.5 Å². The van der Waals surface area contributed by atoms with Crippen molar-refractivity contribution in [3.63, 3.8) is 0 Å². The Morgan fingerprint density at radius 1 is 0.942 bits per heavy atom. The number of alkyl carbamates (subject to hydrolysis) is 1. The number of aromatic amines is 1. The van der Waals surface area contributed by atoms with E-state index in [-0.39, 0.29) is 35.4 Å². The number of amides is 3. The van der Waals surface area contributed by atoms with Crippen LogP contribution in [0.15, 0.2) is 66.7 Å². The van der Waals surface area contributed by atoms with Gasteiger partial charge in [-0.15, -0.1) is 0 Å². The first-order valence-electron chi connectivity index (χ1n) is 17.3. The second-order valence-corrected chi connectivity index (χ2v) is 14.5. The fourth-order valence-corrected chi connectivity index (χ4v) is 6.38. The van der Waals surface area contributed by atoms with E-state index in [2.05, 4.69) is 31.1 Å². The van der Waals surface area contributed by atoms with Gasteiger partial charge in [0.2, 0.25) is 17.1 Å². The Morgan fingerprint density at radius 3 is 2.21 bits per heavy atom. The summed E-state index contributed by atoms with van der Waals surface area (Å²) in [7, 11) is 1.35. The van der Waals surface area contributed by atoms with Crippen LogP contribution in [0, 0.1) is 18.8 Å². The second-order valence-electron chi connectivity index (χ2n) is 14.1. The summed E-state index contributed by atoms with van der Waals surface area (Å²) in [5, 5.41) is 15.7. The zero-order valence-electron chi connectivity index (χ0n) is 30.0. The van der Waals surface area contributed by atoms with E-state index in [9.17, 15) is 19.2 Å². The lowest BCUT2D eigenvalue weighted by atomic mass is 9.81. The molecule has 1 aromatic heterocycles. The van der Waals surface area contributed by atoms with Gasteiger partial charge >= 0.3 is 12.1 Å². The Kier molecular flexibility index (Phi) is 12.3. The molecule has 52 heavy (non-hydrogen) atoms. The number of carbonyl (C=O) groups is 4. The number of carbonyl (C=O) groups excluding carboxylic acids is 4. The van der Waals surface area contributed by atoms with Crippen LogP contribution >= 0.6 is 11.6 Å². The van der Waals surface area contributed by atoms with Crippen LogP contribution in [0.3, 0.4) is 0 Å². The first-order chi connectivity index (χ1) is 24.8. The third-order valence-corrected chi connectivity index (χ3v) is 9.17. The molecule has 12 nitrogen and oxygen atoms in total. The van der Waals surface area contributed by atoms with Crippen LogP contribution in [0.5, 0.6) is 0 Å². The smallest absolute Gasteiger partial charge is 0.407 e. The van der Waals surface area contributed by atoms with Crippen molar-refractivity contribution in [1.29, 1.82) is 0 Å². The lowest BCUT2D eigenvalue weighted by Crippen LogP contribution is -2.48. The zero-order valence-corrected chi connectivity index (χ0v) is 30.8. The minimum atomic E-state index is -0.850. The number of hydrogen-bond acceptors (Lipinski definition) is 8. The lowest BCUT2D eigenvalue weighted by Gasteiger charge is -2.29. The fraction of sp³-hybridized carbons (Fsp3) is 0.385. The zero-order chi connectivity index (χ0) is 37.4. The predicted octanol–water partition coefficient (Wildman–Crippen LogP) is 6.88. The quantitative estimate of drug-likeness (QED) is 0.121. The van der Waals surface area contributed by atoms with Gasteiger partial charge in [-0.1, -0.05) is 30.3 Å². The van der Waals surface area contributed by atoms with Gasteiger partial charge in [-0.05, 0) is 130 Å². The molecule has 0 bridgehead atoms. The van der Waals surface area contributed by atoms with Crippen LogP contribution in [-0.4, -0.2) is 64.4 Å². The number of anilines is 1. The molecule has 5 rings (SSSR count). The largest absolute Gasteiger partial charge is 0.465 e. The summed E-state index contributed by atoms with van der Waals surface area (Å²) in [5.74, 6) is -0.496. The first-order valence-corrected chi connectivity index (χ1v) is 17.7. The number of H-pyrrole nitrogens is 1. The molecule has 3 aromatic carbocycles. The van der Waals surface area contributed by atoms with E-state index in [1.54, 1.807) is 36.4 Å². The van der Waals surface area contributed by atoms with Crippen LogP contribution in [0.2, 0.25) is 5.28 Å². The van der Waals surface area contributed by atoms with Crippen molar-refractivity contribution in [2.75, 3.05) is 19.0 Å². The highest BCUT2D eigenvalue weighted by Gasteiger charge is 2.30. The number of methoxy groups -OCH3 is 1. The number of halogens is 1. The highest BCUT2D eigenvalue weighted by atomic mass is 35.5. The molecule has 1 aliphatic rings. The summed E-state index contributed by atoms with van der Waals surface area (Å²) in [6.45, 7) is 7.88. The predicted molar refractivity (Wildman–Crippen MR) is 199 cm³/mol. The highest BCUT2D eigenvalue weighted by molar-refractivity contribution is 6.28. The molecule has 0 radical (unpaired) electrons. The van der Waals surface area contributed by atoms with Crippen molar-refractivity contribution >= 4 is 41.2 Å². The summed E-state index contributed by atoms with van der Waals surface area (Å²) >= 11 is 5.87. The number of nitrogens with one attached hydrogen (secondary N) is 4. The van der Waals surface area contributed by atoms with E-state index >= 15 is 0 Å². The number of aromatic nitrogens is 3. The average molecular weight is 729 g/mol. The van der Waals surface area contributed by atoms with E-state index < -0.39 is 23.7 Å². The monoisotopic (exact) mass is 728 g/mol. The molecule has 0 aliphatic heterocycles. The molecular formula is C39H45ClN6O6. The van der Waals surface area contributed by atoms with Crippen molar-refractivity contribution in [1.82, 2.24) is 25.8 Å². The third-order valence-electron chi connectivity index (χ3n) is 9.01. The number of hydrogen-bond donors (Lipinski definition) is 4. The number of rotatable bonds is 11. The van der Waals surface area contributed by atoms with Gasteiger partial charge < -0.3 is 25.4 Å². The first kappa shape index (κ1) is 38.0. The molecule has 1 saturated carbocycles. The summed E-state index contributed by atoms with van der Waals surface area (Å²) in [6, 6.07) is 19.4. The normalized spacial score (nSPS) is 16.3. The Balaban J connectivity index is 1.26. The minimum Gasteiger partial charge on any atom is -0.465 e. The maximum Gasteiger partial charge on any atom is 0.407 e. The van der Waals surface area contributed by atoms with Gasteiger partial charge in [0, 0.05) is 30.1 Å². The molecule has 3 amide bonds. The van der Waals surface area contributed by atoms with Crippen LogP contribution < -0.4 is 16.0 Å². The molecule has 1 fully saturated rings. The van der Waals surface area contributed by atoms with Gasteiger partial charge in [0.1, 0.15) is 11.6 Å². The van der Waals surface area contributed by atoms with Crippen LogP contribution in [-0.2, 0) is 25.5 Å². The number of esters is 1. The molecule has 4 N–H and O–H groups in total. The van der Waals surface area contributed by atoms with Gasteiger partial charge in [-0.3, -0.25) is 9.59 Å². The summed E-state index contributed by atoms with van der Waals surface area (Å²) in [4.78, 5) is 55.6. The van der Waals surface area contributed by atoms with Crippen LogP contribution in [0.25, 0.3) is 22.5 Å². The molecule has 274 valence electrons. The van der Waals surface area contributed by atoms with Crippen molar-refractivity contribution in [3.05, 3.63) is 88.7 Å². The van der Waals surface area contributed by atoms with E-state index in [1.807, 2.05) is 58.0 Å². The number of ether oxygens (including phenoxy) is 2. The van der Waals surface area contributed by atoms with E-state index in [1.165, 1.54) is 7.11 Å². The topological polar surface area (TPSA) is 164 Å². The maximum atomic E-state index is 13.8. The van der Waals surface area contributed by atoms with Gasteiger partial charge in [0.05, 0.1) is 12.7 Å². The van der Waals surface area contributed by atoms with Crippen LogP contribution in [0.1, 0.15) is 67.9 Å². The number of aryl methyl sites for hydroxylation is 1. The third kappa shape index (κ3) is 10.4. The Morgan fingerprint density at radius 2 is 1.62 bits per heavy atom. The Bertz CT molecular complexity index is 1880. The molecular weight excluding hydrogens is 684 g/mol. The number of benzene rings is 3. The Hall–Kier alpha value is -5.23. The second kappa shape index (κ2) is 16.9. The highest BCUT2D eigenvalue weighted by Crippen LogP contribution is 2.30. The van der Waals surface area contributed by atoms with E-state index in [0.29, 0.717) is 36.5 Å². The summed E-state index contributed by atoms with van der Waals surface area (Å²) in [5.41, 5.74) is 4.88. The molecule has 0 spiro atoms. The van der Waals surface area contributed by atoms with Crippen molar-refractivity contribution in [2.45, 2.75) is 71.4 Å². The Labute approximate surface area is 308 Å². The maximum absolute atomic E-state index is 13.8. The van der Waals surface area contributed by atoms with Gasteiger partial charge in [-0.25, -0.2) is 14.7 Å². The molecule has 0 saturated heterocycles. The average Bonchev–Trinajstić information content (AvgIpc) is 3.56. The molecule has 1 heterocycles. The lowest BCUT2D eigenvalue weighted by molar-refractivity contribution is -0.130. The standard InChI is InChI=1S/C39H45ClN6O6/c1-23-20-29(36(49)51-5)16-19-31(23)26-10-6-24(7-11-26)21-32(35(48)42-30-17-14-27(15-18-30)33-44-37(40)46-45-33)43-34(47)28-12-8-25(9-13-28)22-41-38(50)52-39(2,3)4/h6-7,10-11,14-20,25,28,32H,8-9,12-13,21-22H2,1-5H3,(H,41,50)(H,42,48)(H,43,47)(H,44,45,46)/t25?,28?,32-/m0/s1. The molecule has 0 unspecified atom stereocenters. The van der Waals surface area contributed by atoms with Crippen molar-refractivity contribution < 1.29 is 28.7 Å². The summed E-state index contributed by atoms with van der Waals surface area (Å²) in [6.07, 6.45) is 2.66. The van der Waals surface area contributed by atoms with E-state index in [4.69, 9.17) is 21.1 Å². The van der Waals surface area contributed by atoms with E-state index in [0.717, 1.165) is 40.7 Å². The molecule has 13 heteroatoms. The van der Waals surface area contributed by atoms with Crippen molar-refractivity contribution in [3.8, 4) is 22.5 Å². The van der Waals surface area contributed by atoms with Crippen molar-refractivity contribution in [2.24, 2.45) is 11.8 Å².